The van der Waals surface area contributed by atoms with E-state index in [2.05, 4.69) is 10.4 Å². The van der Waals surface area contributed by atoms with Crippen LogP contribution in [0.15, 0.2) is 0 Å². The minimum absolute atomic E-state index is 0. The van der Waals surface area contributed by atoms with Crippen molar-refractivity contribution >= 4 is 18.3 Å². The van der Waals surface area contributed by atoms with Crippen molar-refractivity contribution in [1.29, 1.82) is 0 Å². The molecule has 1 rings (SSSR count). The molecule has 0 saturated carbocycles. The van der Waals surface area contributed by atoms with Gasteiger partial charge in [-0.15, -0.1) is 12.4 Å². The van der Waals surface area contributed by atoms with Crippen LogP contribution in [0.5, 0.6) is 5.88 Å². The van der Waals surface area contributed by atoms with E-state index in [4.69, 9.17) is 10.5 Å². The number of nitrogens with zero attached hydrogens (tertiary/aromatic N) is 2. The second-order valence-electron chi connectivity index (χ2n) is 3.92. The predicted molar refractivity (Wildman–Crippen MR) is 71.9 cm³/mol. The summed E-state index contributed by atoms with van der Waals surface area (Å²) in [5, 5.41) is 7.10. The molecule has 0 aliphatic rings. The van der Waals surface area contributed by atoms with Crippen molar-refractivity contribution in [2.75, 3.05) is 7.11 Å². The number of hydrogen-bond donors (Lipinski definition) is 2. The van der Waals surface area contributed by atoms with Crippen LogP contribution in [0.2, 0.25) is 0 Å². The predicted octanol–water partition coefficient (Wildman–Crippen LogP) is 0.376. The first-order valence-electron chi connectivity index (χ1n) is 5.63. The molecule has 104 valence electrons. The Hall–Kier alpha value is -1.27. The molecule has 0 saturated heterocycles. The molecule has 3 N–H and O–H groups in total. The monoisotopic (exact) mass is 276 g/mol. The number of methoxy groups -OCH3 is 1. The van der Waals surface area contributed by atoms with Crippen molar-refractivity contribution in [2.24, 2.45) is 12.8 Å². The number of carbonyl (C=O) groups is 1. The summed E-state index contributed by atoms with van der Waals surface area (Å²) in [5.41, 5.74) is 7.32. The van der Waals surface area contributed by atoms with Crippen LogP contribution in [0.25, 0.3) is 0 Å². The van der Waals surface area contributed by atoms with E-state index in [9.17, 15) is 4.79 Å². The molecule has 0 fully saturated rings. The fourth-order valence-corrected chi connectivity index (χ4v) is 1.66. The average Bonchev–Trinajstić information content (AvgIpc) is 2.61. The highest BCUT2D eigenvalue weighted by atomic mass is 35.5. The van der Waals surface area contributed by atoms with Crippen LogP contribution in [-0.2, 0) is 24.8 Å². The number of aryl methyl sites for hydroxylation is 2. The van der Waals surface area contributed by atoms with Gasteiger partial charge in [-0.1, -0.05) is 6.92 Å². The van der Waals surface area contributed by atoms with Gasteiger partial charge in [0.05, 0.1) is 31.0 Å². The van der Waals surface area contributed by atoms with Crippen molar-refractivity contribution in [3.05, 3.63) is 11.3 Å². The third-order valence-electron chi connectivity index (χ3n) is 2.55. The summed E-state index contributed by atoms with van der Waals surface area (Å²) >= 11 is 0. The fourth-order valence-electron chi connectivity index (χ4n) is 1.66. The number of rotatable bonds is 5. The van der Waals surface area contributed by atoms with E-state index in [0.29, 0.717) is 12.4 Å². The molecule has 0 aliphatic heterocycles. The average molecular weight is 277 g/mol. The second kappa shape index (κ2) is 7.23. The second-order valence-corrected chi connectivity index (χ2v) is 3.92. The summed E-state index contributed by atoms with van der Waals surface area (Å²) in [6, 6.07) is -0.511. The Bertz CT molecular complexity index is 404. The molecule has 0 aromatic carbocycles. The molecule has 1 heterocycles. The fraction of sp³-hybridized carbons (Fsp3) is 0.636. The zero-order valence-electron chi connectivity index (χ0n) is 11.2. The van der Waals surface area contributed by atoms with Crippen molar-refractivity contribution in [3.8, 4) is 5.88 Å². The first-order valence-corrected chi connectivity index (χ1v) is 5.63. The van der Waals surface area contributed by atoms with E-state index in [1.807, 2.05) is 14.0 Å². The van der Waals surface area contributed by atoms with Crippen molar-refractivity contribution < 1.29 is 9.53 Å². The van der Waals surface area contributed by atoms with Crippen LogP contribution in [0.3, 0.4) is 0 Å². The summed E-state index contributed by atoms with van der Waals surface area (Å²) in [6.45, 7) is 4.05. The summed E-state index contributed by atoms with van der Waals surface area (Å²) in [4.78, 5) is 11.4. The molecular weight excluding hydrogens is 256 g/mol. The minimum Gasteiger partial charge on any atom is -0.481 e. The summed E-state index contributed by atoms with van der Waals surface area (Å²) < 4.78 is 6.94. The molecule has 0 radical (unpaired) electrons. The number of amides is 1. The molecule has 1 aromatic heterocycles. The van der Waals surface area contributed by atoms with Crippen LogP contribution in [0.1, 0.15) is 25.1 Å². The maximum Gasteiger partial charge on any atom is 0.236 e. The van der Waals surface area contributed by atoms with Gasteiger partial charge in [-0.3, -0.25) is 4.79 Å². The molecule has 1 atom stereocenters. The Morgan fingerprint density at radius 2 is 2.22 bits per heavy atom. The molecule has 7 heteroatoms. The normalized spacial score (nSPS) is 11.6. The van der Waals surface area contributed by atoms with Gasteiger partial charge in [0.2, 0.25) is 11.8 Å². The van der Waals surface area contributed by atoms with E-state index >= 15 is 0 Å². The molecule has 18 heavy (non-hydrogen) atoms. The highest BCUT2D eigenvalue weighted by molar-refractivity contribution is 5.85. The van der Waals surface area contributed by atoms with Gasteiger partial charge in [0.25, 0.3) is 0 Å². The number of aromatic nitrogens is 2. The maximum absolute atomic E-state index is 11.4. The number of ether oxygens (including phenoxy) is 1. The van der Waals surface area contributed by atoms with Crippen LogP contribution in [0.4, 0.5) is 0 Å². The summed E-state index contributed by atoms with van der Waals surface area (Å²) in [6.07, 6.45) is 0.792. The molecule has 6 nitrogen and oxygen atoms in total. The van der Waals surface area contributed by atoms with Gasteiger partial charge in [-0.2, -0.15) is 5.10 Å². The van der Waals surface area contributed by atoms with Gasteiger partial charge in [-0.05, 0) is 13.3 Å². The van der Waals surface area contributed by atoms with Crippen molar-refractivity contribution in [2.45, 2.75) is 32.9 Å². The van der Waals surface area contributed by atoms with Gasteiger partial charge in [0.15, 0.2) is 0 Å². The van der Waals surface area contributed by atoms with Crippen molar-refractivity contribution in [1.82, 2.24) is 15.1 Å². The molecular formula is C11H21ClN4O2. The standard InChI is InChI=1S/C11H20N4O2.ClH/c1-5-9-8(6-13-10(16)7(2)12)11(17-4)15(3)14-9;/h7H,5-6,12H2,1-4H3,(H,13,16);1H. The van der Waals surface area contributed by atoms with E-state index in [1.54, 1.807) is 18.7 Å². The smallest absolute Gasteiger partial charge is 0.236 e. The van der Waals surface area contributed by atoms with Crippen LogP contribution in [0, 0.1) is 0 Å². The van der Waals surface area contributed by atoms with Gasteiger partial charge >= 0.3 is 0 Å². The Morgan fingerprint density at radius 3 is 2.67 bits per heavy atom. The summed E-state index contributed by atoms with van der Waals surface area (Å²) in [5.74, 6) is 0.491. The first kappa shape index (κ1) is 16.7. The van der Waals surface area contributed by atoms with E-state index < -0.39 is 6.04 Å². The molecule has 0 spiro atoms. The SMILES string of the molecule is CCc1nn(C)c(OC)c1CNC(=O)C(C)N.Cl. The van der Waals surface area contributed by atoms with Gasteiger partial charge in [0, 0.05) is 7.05 Å². The topological polar surface area (TPSA) is 82.2 Å². The zero-order chi connectivity index (χ0) is 13.0. The molecule has 1 amide bonds. The molecule has 0 bridgehead atoms. The summed E-state index contributed by atoms with van der Waals surface area (Å²) in [7, 11) is 3.40. The largest absolute Gasteiger partial charge is 0.481 e. The van der Waals surface area contributed by atoms with E-state index in [1.165, 1.54) is 0 Å². The Morgan fingerprint density at radius 1 is 1.61 bits per heavy atom. The first-order chi connectivity index (χ1) is 8.01. The lowest BCUT2D eigenvalue weighted by Gasteiger charge is -2.09. The molecule has 1 unspecified atom stereocenters. The van der Waals surface area contributed by atoms with Gasteiger partial charge in [0.1, 0.15) is 0 Å². The Balaban J connectivity index is 0.00000289. The highest BCUT2D eigenvalue weighted by Gasteiger charge is 2.16. The number of nitrogens with two attached hydrogens (primary N) is 1. The Labute approximate surface area is 113 Å². The lowest BCUT2D eigenvalue weighted by molar-refractivity contribution is -0.122. The van der Waals surface area contributed by atoms with Crippen LogP contribution in [-0.4, -0.2) is 28.8 Å². The number of hydrogen-bond acceptors (Lipinski definition) is 4. The third kappa shape index (κ3) is 3.61. The third-order valence-corrected chi connectivity index (χ3v) is 2.55. The van der Waals surface area contributed by atoms with Crippen molar-refractivity contribution in [3.63, 3.8) is 0 Å². The van der Waals surface area contributed by atoms with Gasteiger partial charge < -0.3 is 15.8 Å². The minimum atomic E-state index is -0.511. The zero-order valence-corrected chi connectivity index (χ0v) is 12.0. The van der Waals surface area contributed by atoms with Crippen LogP contribution >= 0.6 is 12.4 Å². The lowest BCUT2D eigenvalue weighted by Crippen LogP contribution is -2.37. The molecule has 1 aromatic rings. The quantitative estimate of drug-likeness (QED) is 0.814. The number of carbonyl (C=O) groups excluding carboxylic acids is 1. The lowest BCUT2D eigenvalue weighted by atomic mass is 10.2. The van der Waals surface area contributed by atoms with Crippen LogP contribution < -0.4 is 15.8 Å². The Kier molecular flexibility index (Phi) is 6.72. The molecule has 0 aliphatic carbocycles. The van der Waals surface area contributed by atoms with E-state index in [0.717, 1.165) is 17.7 Å². The number of nitrogens with one attached hydrogen (secondary N) is 1. The number of halogens is 1. The van der Waals surface area contributed by atoms with E-state index in [-0.39, 0.29) is 18.3 Å². The maximum atomic E-state index is 11.4. The van der Waals surface area contributed by atoms with Gasteiger partial charge in [-0.25, -0.2) is 4.68 Å². The highest BCUT2D eigenvalue weighted by Crippen LogP contribution is 2.21.